The number of amides is 2. The second-order valence-corrected chi connectivity index (χ2v) is 13.0. The monoisotopic (exact) mass is 578 g/mol. The largest absolute Gasteiger partial charge is 0.341 e. The highest BCUT2D eigenvalue weighted by molar-refractivity contribution is 7.82. The van der Waals surface area contributed by atoms with E-state index >= 15 is 0 Å². The van der Waals surface area contributed by atoms with Crippen LogP contribution in [0.5, 0.6) is 0 Å². The molecule has 2 aliphatic rings. The molecule has 1 N–H and O–H groups in total. The summed E-state index contributed by atoms with van der Waals surface area (Å²) in [7, 11) is 2.39. The summed E-state index contributed by atoms with van der Waals surface area (Å²) in [6.45, 7) is 7.23. The van der Waals surface area contributed by atoms with E-state index in [4.69, 9.17) is 0 Å². The van der Waals surface area contributed by atoms with Crippen molar-refractivity contribution < 1.29 is 13.8 Å². The molecule has 2 fully saturated rings. The number of likely N-dealkylation sites (tertiary alicyclic amines) is 1. The van der Waals surface area contributed by atoms with Crippen LogP contribution < -0.4 is 10.2 Å². The summed E-state index contributed by atoms with van der Waals surface area (Å²) in [5, 5.41) is 8.20. The number of aryl methyl sites for hydroxylation is 1. The van der Waals surface area contributed by atoms with Crippen molar-refractivity contribution in [2.75, 3.05) is 44.7 Å². The summed E-state index contributed by atoms with van der Waals surface area (Å²) < 4.78 is 17.2. The van der Waals surface area contributed by atoms with Crippen LogP contribution in [0.2, 0.25) is 0 Å². The van der Waals surface area contributed by atoms with Crippen LogP contribution in [0.1, 0.15) is 56.1 Å². The van der Waals surface area contributed by atoms with Crippen LogP contribution in [0.3, 0.4) is 0 Å². The zero-order valence-electron chi connectivity index (χ0n) is 24.4. The van der Waals surface area contributed by atoms with Gasteiger partial charge in [-0.1, -0.05) is 25.1 Å². The van der Waals surface area contributed by atoms with E-state index in [0.717, 1.165) is 74.1 Å². The third kappa shape index (κ3) is 6.71. The lowest BCUT2D eigenvalue weighted by Gasteiger charge is -2.32. The number of piperidine rings is 2. The van der Waals surface area contributed by atoms with E-state index < -0.39 is 11.0 Å². The Morgan fingerprint density at radius 1 is 1.15 bits per heavy atom. The number of hydrogen-bond acceptors (Lipinski definition) is 5. The second-order valence-electron chi connectivity index (χ2n) is 11.5. The van der Waals surface area contributed by atoms with Gasteiger partial charge in [0.05, 0.1) is 10.4 Å². The number of anilines is 1. The summed E-state index contributed by atoms with van der Waals surface area (Å²) in [6, 6.07) is 14.5. The molecule has 3 aromatic rings. The Labute approximate surface area is 245 Å². The third-order valence-electron chi connectivity index (χ3n) is 8.46. The fourth-order valence-electron chi connectivity index (χ4n) is 6.21. The van der Waals surface area contributed by atoms with Crippen molar-refractivity contribution in [2.24, 2.45) is 13.0 Å². The van der Waals surface area contributed by atoms with E-state index in [2.05, 4.69) is 56.9 Å². The van der Waals surface area contributed by atoms with Crippen LogP contribution in [0.25, 0.3) is 10.9 Å². The van der Waals surface area contributed by atoms with E-state index in [0.29, 0.717) is 17.7 Å². The maximum atomic E-state index is 13.2. The SMILES string of the molecule is CNC(=O)N(CCC=O)c1nn(C)c2cc(C3CCN(Cc4cccc(S(=O)N5CCC[C@H](C)C5)c4)CC3)ccc12. The molecule has 220 valence electrons. The van der Waals surface area contributed by atoms with Gasteiger partial charge < -0.3 is 10.1 Å². The van der Waals surface area contributed by atoms with Gasteiger partial charge in [-0.3, -0.25) is 14.5 Å². The van der Waals surface area contributed by atoms with E-state index in [-0.39, 0.29) is 19.0 Å². The molecule has 0 bridgehead atoms. The number of carbonyl (C=O) groups excluding carboxylic acids is 2. The number of aromatic nitrogens is 2. The van der Waals surface area contributed by atoms with E-state index in [1.165, 1.54) is 22.4 Å². The van der Waals surface area contributed by atoms with Crippen LogP contribution in [0.15, 0.2) is 47.4 Å². The van der Waals surface area contributed by atoms with Crippen molar-refractivity contribution in [3.8, 4) is 0 Å². The fraction of sp³-hybridized carbons (Fsp3) is 0.516. The highest BCUT2D eigenvalue weighted by Crippen LogP contribution is 2.34. The Morgan fingerprint density at radius 3 is 2.68 bits per heavy atom. The lowest BCUT2D eigenvalue weighted by atomic mass is 9.89. The Kier molecular flexibility index (Phi) is 9.52. The predicted molar refractivity (Wildman–Crippen MR) is 163 cm³/mol. The van der Waals surface area contributed by atoms with Crippen molar-refractivity contribution in [1.82, 2.24) is 24.3 Å². The summed E-state index contributed by atoms with van der Waals surface area (Å²) in [5.41, 5.74) is 3.49. The predicted octanol–water partition coefficient (Wildman–Crippen LogP) is 4.44. The molecule has 2 aliphatic heterocycles. The number of urea groups is 1. The van der Waals surface area contributed by atoms with E-state index in [1.54, 1.807) is 7.05 Å². The molecule has 41 heavy (non-hydrogen) atoms. The van der Waals surface area contributed by atoms with Crippen molar-refractivity contribution in [3.63, 3.8) is 0 Å². The van der Waals surface area contributed by atoms with E-state index in [9.17, 15) is 13.8 Å². The first-order valence-electron chi connectivity index (χ1n) is 14.8. The molecule has 2 aromatic carbocycles. The molecule has 0 saturated carbocycles. The van der Waals surface area contributed by atoms with Gasteiger partial charge in [-0.25, -0.2) is 13.3 Å². The highest BCUT2D eigenvalue weighted by atomic mass is 32.2. The van der Waals surface area contributed by atoms with Gasteiger partial charge in [0.25, 0.3) is 0 Å². The Balaban J connectivity index is 1.23. The second kappa shape index (κ2) is 13.3. The Bertz CT molecular complexity index is 1400. The summed E-state index contributed by atoms with van der Waals surface area (Å²) in [6.07, 6.45) is 5.54. The number of aldehydes is 1. The zero-order valence-corrected chi connectivity index (χ0v) is 25.2. The molecule has 3 heterocycles. The van der Waals surface area contributed by atoms with Crippen molar-refractivity contribution >= 4 is 40.0 Å². The molecular weight excluding hydrogens is 536 g/mol. The minimum Gasteiger partial charge on any atom is -0.341 e. The molecule has 2 atom stereocenters. The lowest BCUT2D eigenvalue weighted by molar-refractivity contribution is -0.107. The fourth-order valence-corrected chi connectivity index (χ4v) is 7.64. The number of nitrogens with zero attached hydrogens (tertiary/aromatic N) is 5. The lowest BCUT2D eigenvalue weighted by Crippen LogP contribution is -2.39. The number of nitrogens with one attached hydrogen (secondary N) is 1. The molecule has 2 amide bonds. The first-order valence-corrected chi connectivity index (χ1v) is 15.9. The highest BCUT2D eigenvalue weighted by Gasteiger charge is 2.25. The third-order valence-corrected chi connectivity index (χ3v) is 9.92. The average Bonchev–Trinajstić information content (AvgIpc) is 3.32. The van der Waals surface area contributed by atoms with Gasteiger partial charge >= 0.3 is 6.03 Å². The molecule has 5 rings (SSSR count). The van der Waals surface area contributed by atoms with Gasteiger partial charge in [0, 0.05) is 52.1 Å². The van der Waals surface area contributed by atoms with Crippen LogP contribution in [-0.2, 0) is 29.4 Å². The normalized spacial score (nSPS) is 19.7. The molecule has 9 nitrogen and oxygen atoms in total. The summed E-state index contributed by atoms with van der Waals surface area (Å²) in [5.74, 6) is 1.63. The first-order chi connectivity index (χ1) is 19.9. The topological polar surface area (TPSA) is 90.8 Å². The summed E-state index contributed by atoms with van der Waals surface area (Å²) in [4.78, 5) is 28.4. The van der Waals surface area contributed by atoms with Crippen LogP contribution >= 0.6 is 0 Å². The molecule has 1 aromatic heterocycles. The van der Waals surface area contributed by atoms with Crippen LogP contribution in [0.4, 0.5) is 10.6 Å². The molecule has 10 heteroatoms. The Hall–Kier alpha value is -3.08. The molecule has 0 radical (unpaired) electrons. The minimum absolute atomic E-state index is 0.252. The number of fused-ring (bicyclic) bond motifs is 1. The van der Waals surface area contributed by atoms with Gasteiger partial charge in [0.15, 0.2) is 5.82 Å². The van der Waals surface area contributed by atoms with Gasteiger partial charge in [0.2, 0.25) is 0 Å². The molecule has 2 saturated heterocycles. The number of rotatable bonds is 9. The van der Waals surface area contributed by atoms with Crippen LogP contribution in [-0.4, -0.2) is 75.3 Å². The molecule has 1 unspecified atom stereocenters. The minimum atomic E-state index is -1.09. The number of carbonyl (C=O) groups is 2. The maximum Gasteiger partial charge on any atom is 0.322 e. The van der Waals surface area contributed by atoms with Crippen molar-refractivity contribution in [2.45, 2.75) is 56.4 Å². The van der Waals surface area contributed by atoms with Gasteiger partial charge in [0.1, 0.15) is 17.3 Å². The maximum absolute atomic E-state index is 13.2. The first kappa shape index (κ1) is 29.4. The molecule has 0 spiro atoms. The van der Waals surface area contributed by atoms with Crippen LogP contribution in [0, 0.1) is 5.92 Å². The quantitative estimate of drug-likeness (QED) is 0.379. The zero-order chi connectivity index (χ0) is 28.9. The molecule has 0 aliphatic carbocycles. The van der Waals surface area contributed by atoms with Gasteiger partial charge in [-0.05, 0) is 86.0 Å². The standard InChI is InChI=1S/C31H42N6O3S/c1-23-7-5-14-36(21-23)41(40)27-9-4-8-24(19-27)22-35-16-12-25(13-17-35)26-10-11-28-29(20-26)34(3)33-30(28)37(15-6-18-38)31(39)32-2/h4,8-11,18-20,23,25H,5-7,12-17,21-22H2,1-3H3,(H,32,39)/t23-,41?/m0/s1. The van der Waals surface area contributed by atoms with Gasteiger partial charge in [-0.15, -0.1) is 0 Å². The van der Waals surface area contributed by atoms with Gasteiger partial charge in [-0.2, -0.15) is 5.10 Å². The Morgan fingerprint density at radius 2 is 1.95 bits per heavy atom. The number of benzene rings is 2. The number of hydrogen-bond donors (Lipinski definition) is 1. The summed E-state index contributed by atoms with van der Waals surface area (Å²) >= 11 is 0. The smallest absolute Gasteiger partial charge is 0.322 e. The van der Waals surface area contributed by atoms with Crippen molar-refractivity contribution in [1.29, 1.82) is 0 Å². The van der Waals surface area contributed by atoms with Crippen molar-refractivity contribution in [3.05, 3.63) is 53.6 Å². The average molecular weight is 579 g/mol. The van der Waals surface area contributed by atoms with E-state index in [1.807, 2.05) is 23.9 Å². The molecular formula is C31H42N6O3S.